The van der Waals surface area contributed by atoms with E-state index in [1.807, 2.05) is 42.5 Å². The van der Waals surface area contributed by atoms with E-state index in [9.17, 15) is 24.0 Å². The monoisotopic (exact) mass is 657 g/mol. The molecule has 0 bridgehead atoms. The van der Waals surface area contributed by atoms with E-state index in [1.165, 1.54) is 12.1 Å². The standard InChI is InChI=1S/C36H47N7O5/c37-19-5-3-16-29(34(46)40-27-14-8-13-26(22-27)33(39)45)41-35(47)30(17-4-6-20-38)42-36(48)31-18-9-21-43(31)32(44)23-25-12-7-11-24-10-1-2-15-28(24)25/h1-2,7-8,10-15,22,29-31H,3-6,9,16-21,23,37-38H2,(H2,39,45)(H,40,46)(H,41,47)(H,42,48)/t29-,30-,31-/m0/s1. The fraction of sp³-hybridized carbons (Fsp3) is 0.417. The van der Waals surface area contributed by atoms with Crippen LogP contribution in [0.1, 0.15) is 67.3 Å². The van der Waals surface area contributed by atoms with Crippen LogP contribution in [0.2, 0.25) is 0 Å². The first-order valence-electron chi connectivity index (χ1n) is 16.7. The van der Waals surface area contributed by atoms with E-state index < -0.39 is 41.8 Å². The van der Waals surface area contributed by atoms with Crippen LogP contribution in [-0.2, 0) is 25.6 Å². The van der Waals surface area contributed by atoms with Gasteiger partial charge in [-0.1, -0.05) is 48.5 Å². The van der Waals surface area contributed by atoms with Gasteiger partial charge in [-0.2, -0.15) is 0 Å². The molecule has 0 aromatic heterocycles. The maximum Gasteiger partial charge on any atom is 0.248 e. The molecule has 5 amide bonds. The molecule has 3 atom stereocenters. The van der Waals surface area contributed by atoms with Crippen molar-refractivity contribution in [1.82, 2.24) is 15.5 Å². The highest BCUT2D eigenvalue weighted by Gasteiger charge is 2.36. The molecule has 0 unspecified atom stereocenters. The molecule has 1 fully saturated rings. The van der Waals surface area contributed by atoms with Gasteiger partial charge in [-0.3, -0.25) is 24.0 Å². The van der Waals surface area contributed by atoms with Gasteiger partial charge in [0.2, 0.25) is 29.5 Å². The molecular weight excluding hydrogens is 610 g/mol. The largest absolute Gasteiger partial charge is 0.366 e. The summed E-state index contributed by atoms with van der Waals surface area (Å²) in [5, 5.41) is 10.5. The summed E-state index contributed by atoms with van der Waals surface area (Å²) in [6, 6.07) is 17.4. The Kier molecular flexibility index (Phi) is 13.5. The molecule has 3 aromatic rings. The number of likely N-dealkylation sites (tertiary alicyclic amines) is 1. The fourth-order valence-corrected chi connectivity index (χ4v) is 6.09. The SMILES string of the molecule is NCCCC[C@H](NC(=O)[C@H](CCCCN)NC(=O)[C@@H]1CCCN1C(=O)Cc1cccc2ccccc12)C(=O)Nc1cccc(C(N)=O)c1. The lowest BCUT2D eigenvalue weighted by atomic mass is 10.0. The van der Waals surface area contributed by atoms with Crippen LogP contribution in [-0.4, -0.2) is 72.2 Å². The zero-order valence-electron chi connectivity index (χ0n) is 27.3. The second-order valence-corrected chi connectivity index (χ2v) is 12.2. The van der Waals surface area contributed by atoms with Crippen molar-refractivity contribution in [2.24, 2.45) is 17.2 Å². The highest BCUT2D eigenvalue weighted by Crippen LogP contribution is 2.23. The molecule has 1 saturated heterocycles. The van der Waals surface area contributed by atoms with Crippen molar-refractivity contribution >= 4 is 46.0 Å². The third-order valence-corrected chi connectivity index (χ3v) is 8.67. The number of hydrogen-bond acceptors (Lipinski definition) is 7. The van der Waals surface area contributed by atoms with Gasteiger partial charge >= 0.3 is 0 Å². The molecule has 0 saturated carbocycles. The number of benzene rings is 3. The van der Waals surface area contributed by atoms with E-state index in [-0.39, 0.29) is 17.9 Å². The molecule has 1 heterocycles. The van der Waals surface area contributed by atoms with Crippen LogP contribution in [0.5, 0.6) is 0 Å². The average molecular weight is 658 g/mol. The first kappa shape index (κ1) is 36.0. The van der Waals surface area contributed by atoms with E-state index in [0.717, 1.165) is 16.3 Å². The summed E-state index contributed by atoms with van der Waals surface area (Å²) in [5.74, 6) is -2.17. The van der Waals surface area contributed by atoms with E-state index in [4.69, 9.17) is 17.2 Å². The molecule has 9 N–H and O–H groups in total. The maximum atomic E-state index is 13.7. The molecular formula is C36H47N7O5. The first-order valence-corrected chi connectivity index (χ1v) is 16.7. The molecule has 4 rings (SSSR count). The van der Waals surface area contributed by atoms with Crippen molar-refractivity contribution in [2.75, 3.05) is 25.0 Å². The zero-order valence-corrected chi connectivity index (χ0v) is 27.3. The zero-order chi connectivity index (χ0) is 34.5. The van der Waals surface area contributed by atoms with E-state index in [0.29, 0.717) is 76.7 Å². The van der Waals surface area contributed by atoms with Crippen molar-refractivity contribution in [3.05, 3.63) is 77.9 Å². The highest BCUT2D eigenvalue weighted by molar-refractivity contribution is 6.00. The van der Waals surface area contributed by atoms with E-state index in [1.54, 1.807) is 17.0 Å². The number of unbranched alkanes of at least 4 members (excludes halogenated alkanes) is 2. The summed E-state index contributed by atoms with van der Waals surface area (Å²) in [5.41, 5.74) is 18.2. The number of nitrogens with zero attached hydrogens (tertiary/aromatic N) is 1. The van der Waals surface area contributed by atoms with Gasteiger partial charge in [-0.15, -0.1) is 0 Å². The van der Waals surface area contributed by atoms with Crippen molar-refractivity contribution in [3.63, 3.8) is 0 Å². The number of carbonyl (C=O) groups excluding carboxylic acids is 5. The third kappa shape index (κ3) is 9.85. The lowest BCUT2D eigenvalue weighted by Gasteiger charge is -2.28. The third-order valence-electron chi connectivity index (χ3n) is 8.67. The highest BCUT2D eigenvalue weighted by atomic mass is 16.2. The molecule has 1 aliphatic rings. The van der Waals surface area contributed by atoms with Gasteiger partial charge in [-0.25, -0.2) is 0 Å². The summed E-state index contributed by atoms with van der Waals surface area (Å²) < 4.78 is 0. The molecule has 12 heteroatoms. The van der Waals surface area contributed by atoms with Crippen molar-refractivity contribution < 1.29 is 24.0 Å². The second kappa shape index (κ2) is 17.9. The predicted octanol–water partition coefficient (Wildman–Crippen LogP) is 2.34. The number of fused-ring (bicyclic) bond motifs is 1. The lowest BCUT2D eigenvalue weighted by Crippen LogP contribution is -2.56. The van der Waals surface area contributed by atoms with Crippen molar-refractivity contribution in [1.29, 1.82) is 0 Å². The Morgan fingerprint density at radius 1 is 0.792 bits per heavy atom. The Labute approximate surface area is 281 Å². The molecule has 0 radical (unpaired) electrons. The molecule has 12 nitrogen and oxygen atoms in total. The number of carbonyl (C=O) groups is 5. The van der Waals surface area contributed by atoms with Gasteiger partial charge in [0.1, 0.15) is 18.1 Å². The Balaban J connectivity index is 1.45. The molecule has 48 heavy (non-hydrogen) atoms. The average Bonchev–Trinajstić information content (AvgIpc) is 3.58. The van der Waals surface area contributed by atoms with Crippen molar-refractivity contribution in [3.8, 4) is 0 Å². The summed E-state index contributed by atoms with van der Waals surface area (Å²) in [7, 11) is 0. The fourth-order valence-electron chi connectivity index (χ4n) is 6.09. The van der Waals surface area contributed by atoms with Gasteiger partial charge in [0.15, 0.2) is 0 Å². The van der Waals surface area contributed by atoms with Crippen molar-refractivity contribution in [2.45, 2.75) is 75.9 Å². The second-order valence-electron chi connectivity index (χ2n) is 12.2. The molecule has 1 aliphatic heterocycles. The van der Waals surface area contributed by atoms with Crippen LogP contribution in [0.3, 0.4) is 0 Å². The number of nitrogens with one attached hydrogen (secondary N) is 3. The number of anilines is 1. The van der Waals surface area contributed by atoms with Gasteiger partial charge < -0.3 is 38.1 Å². The Hall–Kier alpha value is -4.81. The topological polar surface area (TPSA) is 203 Å². The van der Waals surface area contributed by atoms with E-state index in [2.05, 4.69) is 16.0 Å². The number of amides is 5. The van der Waals surface area contributed by atoms with Crippen LogP contribution in [0.4, 0.5) is 5.69 Å². The van der Waals surface area contributed by atoms with Crippen LogP contribution >= 0.6 is 0 Å². The lowest BCUT2D eigenvalue weighted by molar-refractivity contribution is -0.139. The van der Waals surface area contributed by atoms with E-state index >= 15 is 0 Å². The predicted molar refractivity (Wildman–Crippen MR) is 186 cm³/mol. The van der Waals surface area contributed by atoms with Gasteiger partial charge in [0, 0.05) is 17.8 Å². The molecule has 0 spiro atoms. The smallest absolute Gasteiger partial charge is 0.248 e. The molecule has 3 aromatic carbocycles. The summed E-state index contributed by atoms with van der Waals surface area (Å²) in [6.07, 6.45) is 4.39. The van der Waals surface area contributed by atoms with Crippen LogP contribution in [0.15, 0.2) is 66.7 Å². The molecule has 0 aliphatic carbocycles. The maximum absolute atomic E-state index is 13.7. The minimum atomic E-state index is -0.942. The van der Waals surface area contributed by atoms with Crippen LogP contribution in [0.25, 0.3) is 10.8 Å². The number of primary amides is 1. The summed E-state index contributed by atoms with van der Waals surface area (Å²) in [6.45, 7) is 1.31. The summed E-state index contributed by atoms with van der Waals surface area (Å²) in [4.78, 5) is 67.5. The normalized spacial score (nSPS) is 15.5. The number of hydrogen-bond donors (Lipinski definition) is 6. The van der Waals surface area contributed by atoms with Crippen LogP contribution < -0.4 is 33.2 Å². The summed E-state index contributed by atoms with van der Waals surface area (Å²) >= 11 is 0. The minimum Gasteiger partial charge on any atom is -0.366 e. The quantitative estimate of drug-likeness (QED) is 0.120. The molecule has 256 valence electrons. The minimum absolute atomic E-state index is 0.148. The van der Waals surface area contributed by atoms with Crippen LogP contribution in [0, 0.1) is 0 Å². The first-order chi connectivity index (χ1) is 23.2. The Morgan fingerprint density at radius 3 is 2.17 bits per heavy atom. The Morgan fingerprint density at radius 2 is 1.46 bits per heavy atom. The van der Waals surface area contributed by atoms with Gasteiger partial charge in [0.05, 0.1) is 6.42 Å². The number of nitrogens with two attached hydrogens (primary N) is 3. The van der Waals surface area contributed by atoms with Gasteiger partial charge in [0.25, 0.3) is 0 Å². The van der Waals surface area contributed by atoms with Gasteiger partial charge in [-0.05, 0) is 99.0 Å². The number of rotatable bonds is 17. The Bertz CT molecular complexity index is 1590.